The Bertz CT molecular complexity index is 284. The summed E-state index contributed by atoms with van der Waals surface area (Å²) >= 11 is 0. The number of nitrogens with zero attached hydrogens (tertiary/aromatic N) is 1. The summed E-state index contributed by atoms with van der Waals surface area (Å²) in [7, 11) is 0. The third kappa shape index (κ3) is 3.51. The molecular weight excluding hydrogens is 205 g/mol. The molecule has 0 saturated carbocycles. The fraction of sp³-hybridized carbons (Fsp3) is 0.500. The Morgan fingerprint density at radius 1 is 1.47 bits per heavy atom. The smallest absolute Gasteiger partial charge is 0.302 e. The van der Waals surface area contributed by atoms with Crippen LogP contribution in [-0.2, 0) is 0 Å². The van der Waals surface area contributed by atoms with Crippen LogP contribution in [0, 0.1) is 0 Å². The maximum absolute atomic E-state index is 12.6. The van der Waals surface area contributed by atoms with Gasteiger partial charge in [0.1, 0.15) is 6.04 Å². The molecule has 1 N–H and O–H groups in total. The topological polar surface area (TPSA) is 24.9 Å². The van der Waals surface area contributed by atoms with E-state index in [2.05, 4.69) is 10.3 Å². The van der Waals surface area contributed by atoms with Crippen molar-refractivity contribution in [1.29, 1.82) is 0 Å². The summed E-state index contributed by atoms with van der Waals surface area (Å²) in [6.45, 7) is 2.16. The summed E-state index contributed by atoms with van der Waals surface area (Å²) in [5.74, 6) is 0. The predicted molar refractivity (Wildman–Crippen MR) is 51.3 cm³/mol. The molecule has 0 saturated heterocycles. The molecular formula is C10H13F3N2. The third-order valence-electron chi connectivity index (χ3n) is 1.94. The highest BCUT2D eigenvalue weighted by Gasteiger charge is 2.40. The van der Waals surface area contributed by atoms with Gasteiger partial charge >= 0.3 is 6.18 Å². The minimum atomic E-state index is -4.28. The molecule has 1 atom stereocenters. The van der Waals surface area contributed by atoms with Crippen LogP contribution in [0.2, 0.25) is 0 Å². The van der Waals surface area contributed by atoms with E-state index in [0.717, 1.165) is 0 Å². The Hall–Kier alpha value is -1.10. The highest BCUT2D eigenvalue weighted by atomic mass is 19.4. The highest BCUT2D eigenvalue weighted by Crippen LogP contribution is 2.31. The Kier molecular flexibility index (Phi) is 4.08. The van der Waals surface area contributed by atoms with Crippen molar-refractivity contribution < 1.29 is 13.2 Å². The molecule has 0 aliphatic heterocycles. The maximum atomic E-state index is 12.6. The van der Waals surface area contributed by atoms with Crippen LogP contribution in [0.5, 0.6) is 0 Å². The van der Waals surface area contributed by atoms with E-state index in [1.807, 2.05) is 6.92 Å². The Labute approximate surface area is 86.5 Å². The second-order valence-electron chi connectivity index (χ2n) is 3.22. The number of nitrogens with one attached hydrogen (secondary N) is 1. The molecule has 1 aromatic heterocycles. The molecule has 0 aliphatic carbocycles. The molecule has 0 radical (unpaired) electrons. The molecule has 0 spiro atoms. The lowest BCUT2D eigenvalue weighted by Crippen LogP contribution is -2.34. The van der Waals surface area contributed by atoms with E-state index >= 15 is 0 Å². The molecule has 1 aromatic rings. The quantitative estimate of drug-likeness (QED) is 0.840. The van der Waals surface area contributed by atoms with Gasteiger partial charge in [-0.2, -0.15) is 13.2 Å². The SMILES string of the molecule is CCCNC(c1cccnc1)C(F)(F)F. The monoisotopic (exact) mass is 218 g/mol. The minimum absolute atomic E-state index is 0.151. The van der Waals surface area contributed by atoms with Gasteiger partial charge in [0.05, 0.1) is 0 Å². The lowest BCUT2D eigenvalue weighted by molar-refractivity contribution is -0.157. The van der Waals surface area contributed by atoms with E-state index in [1.165, 1.54) is 24.5 Å². The van der Waals surface area contributed by atoms with Crippen molar-refractivity contribution in [3.63, 3.8) is 0 Å². The van der Waals surface area contributed by atoms with Crippen molar-refractivity contribution in [2.24, 2.45) is 0 Å². The molecule has 2 nitrogen and oxygen atoms in total. The average molecular weight is 218 g/mol. The molecule has 0 fully saturated rings. The summed E-state index contributed by atoms with van der Waals surface area (Å²) in [6, 6.07) is 1.31. The van der Waals surface area contributed by atoms with E-state index in [0.29, 0.717) is 13.0 Å². The molecule has 1 heterocycles. The van der Waals surface area contributed by atoms with Crippen molar-refractivity contribution >= 4 is 0 Å². The van der Waals surface area contributed by atoms with E-state index in [1.54, 1.807) is 0 Å². The van der Waals surface area contributed by atoms with Crippen LogP contribution in [0.4, 0.5) is 13.2 Å². The zero-order chi connectivity index (χ0) is 11.3. The van der Waals surface area contributed by atoms with Crippen LogP contribution in [0.25, 0.3) is 0 Å². The summed E-state index contributed by atoms with van der Waals surface area (Å²) in [5.41, 5.74) is 0.151. The molecule has 0 aliphatic rings. The largest absolute Gasteiger partial charge is 0.407 e. The van der Waals surface area contributed by atoms with Crippen LogP contribution in [0.3, 0.4) is 0 Å². The Morgan fingerprint density at radius 2 is 2.20 bits per heavy atom. The van der Waals surface area contributed by atoms with Gasteiger partial charge in [-0.3, -0.25) is 4.98 Å². The first-order valence-corrected chi connectivity index (χ1v) is 4.75. The number of aromatic nitrogens is 1. The van der Waals surface area contributed by atoms with Gasteiger partial charge < -0.3 is 5.32 Å². The molecule has 5 heteroatoms. The van der Waals surface area contributed by atoms with Crippen LogP contribution in [-0.4, -0.2) is 17.7 Å². The van der Waals surface area contributed by atoms with Gasteiger partial charge in [0.15, 0.2) is 0 Å². The molecule has 1 unspecified atom stereocenters. The Balaban J connectivity index is 2.82. The summed E-state index contributed by atoms with van der Waals surface area (Å²) < 4.78 is 37.9. The number of halogens is 3. The molecule has 84 valence electrons. The maximum Gasteiger partial charge on any atom is 0.407 e. The van der Waals surface area contributed by atoms with Crippen LogP contribution in [0.1, 0.15) is 24.9 Å². The third-order valence-corrected chi connectivity index (χ3v) is 1.94. The van der Waals surface area contributed by atoms with Gasteiger partial charge in [0.25, 0.3) is 0 Å². The van der Waals surface area contributed by atoms with Crippen molar-refractivity contribution in [2.75, 3.05) is 6.54 Å². The highest BCUT2D eigenvalue weighted by molar-refractivity contribution is 5.15. The number of pyridine rings is 1. The van der Waals surface area contributed by atoms with Gasteiger partial charge in [-0.25, -0.2) is 0 Å². The lowest BCUT2D eigenvalue weighted by atomic mass is 10.1. The van der Waals surface area contributed by atoms with Gasteiger partial charge in [0, 0.05) is 12.4 Å². The predicted octanol–water partition coefficient (Wildman–Crippen LogP) is 2.68. The Morgan fingerprint density at radius 3 is 2.67 bits per heavy atom. The minimum Gasteiger partial charge on any atom is -0.302 e. The molecule has 15 heavy (non-hydrogen) atoms. The van der Waals surface area contributed by atoms with Crippen LogP contribution < -0.4 is 5.32 Å². The van der Waals surface area contributed by atoms with Crippen molar-refractivity contribution in [3.05, 3.63) is 30.1 Å². The van der Waals surface area contributed by atoms with E-state index in [-0.39, 0.29) is 5.56 Å². The zero-order valence-electron chi connectivity index (χ0n) is 8.38. The second-order valence-corrected chi connectivity index (χ2v) is 3.22. The summed E-state index contributed by atoms with van der Waals surface area (Å²) in [6.07, 6.45) is -0.928. The van der Waals surface area contributed by atoms with E-state index in [4.69, 9.17) is 0 Å². The summed E-state index contributed by atoms with van der Waals surface area (Å²) in [4.78, 5) is 3.69. The first-order valence-electron chi connectivity index (χ1n) is 4.75. The second kappa shape index (κ2) is 5.11. The van der Waals surface area contributed by atoms with E-state index < -0.39 is 12.2 Å². The van der Waals surface area contributed by atoms with Crippen molar-refractivity contribution in [3.8, 4) is 0 Å². The molecule has 0 amide bonds. The van der Waals surface area contributed by atoms with Gasteiger partial charge in [-0.05, 0) is 24.6 Å². The molecule has 0 bridgehead atoms. The fourth-order valence-corrected chi connectivity index (χ4v) is 1.26. The first-order chi connectivity index (χ1) is 7.05. The fourth-order valence-electron chi connectivity index (χ4n) is 1.26. The normalized spacial score (nSPS) is 13.9. The van der Waals surface area contributed by atoms with Gasteiger partial charge in [-0.15, -0.1) is 0 Å². The lowest BCUT2D eigenvalue weighted by Gasteiger charge is -2.21. The molecule has 1 rings (SSSR count). The number of hydrogen-bond donors (Lipinski definition) is 1. The van der Waals surface area contributed by atoms with Gasteiger partial charge in [0.2, 0.25) is 0 Å². The summed E-state index contributed by atoms with van der Waals surface area (Å²) in [5, 5.41) is 2.46. The molecule has 0 aromatic carbocycles. The first kappa shape index (κ1) is 12.0. The van der Waals surface area contributed by atoms with Gasteiger partial charge in [-0.1, -0.05) is 13.0 Å². The van der Waals surface area contributed by atoms with Crippen LogP contribution in [0.15, 0.2) is 24.5 Å². The number of rotatable bonds is 4. The van der Waals surface area contributed by atoms with Crippen molar-refractivity contribution in [1.82, 2.24) is 10.3 Å². The average Bonchev–Trinajstić information content (AvgIpc) is 2.18. The number of alkyl halides is 3. The number of hydrogen-bond acceptors (Lipinski definition) is 2. The zero-order valence-corrected chi connectivity index (χ0v) is 8.38. The van der Waals surface area contributed by atoms with Crippen molar-refractivity contribution in [2.45, 2.75) is 25.6 Å². The standard InChI is InChI=1S/C10H13F3N2/c1-2-5-15-9(10(11,12)13)8-4-3-6-14-7-8/h3-4,6-7,9,15H,2,5H2,1H3. The van der Waals surface area contributed by atoms with Crippen LogP contribution >= 0.6 is 0 Å². The van der Waals surface area contributed by atoms with E-state index in [9.17, 15) is 13.2 Å².